The molecule has 0 spiro atoms. The van der Waals surface area contributed by atoms with Crippen molar-refractivity contribution in [1.29, 1.82) is 0 Å². The Labute approximate surface area is 159 Å². The number of carbonyl (C=O) groups is 2. The van der Waals surface area contributed by atoms with Crippen LogP contribution in [0, 0.1) is 3.57 Å². The lowest BCUT2D eigenvalue weighted by Crippen LogP contribution is -2.41. The summed E-state index contributed by atoms with van der Waals surface area (Å²) in [6.07, 6.45) is 3.13. The van der Waals surface area contributed by atoms with Gasteiger partial charge < -0.3 is 0 Å². The highest BCUT2D eigenvalue weighted by Crippen LogP contribution is 2.19. The van der Waals surface area contributed by atoms with Gasteiger partial charge in [0.15, 0.2) is 0 Å². The van der Waals surface area contributed by atoms with E-state index in [1.54, 1.807) is 18.2 Å². The Bertz CT molecular complexity index is 961. The van der Waals surface area contributed by atoms with Crippen molar-refractivity contribution in [2.24, 2.45) is 0 Å². The molecule has 25 heavy (non-hydrogen) atoms. The quantitative estimate of drug-likeness (QED) is 0.367. The molecule has 0 aliphatic heterocycles. The second kappa shape index (κ2) is 7.94. The molecular weight excluding hydrogens is 427 g/mol. The van der Waals surface area contributed by atoms with Crippen LogP contribution >= 0.6 is 22.6 Å². The maximum Gasteiger partial charge on any atom is 0.270 e. The van der Waals surface area contributed by atoms with Gasteiger partial charge in [0.05, 0.1) is 5.56 Å². The predicted octanol–water partition coefficient (Wildman–Crippen LogP) is 3.92. The Kier molecular flexibility index (Phi) is 5.45. The van der Waals surface area contributed by atoms with E-state index >= 15 is 0 Å². The summed E-state index contributed by atoms with van der Waals surface area (Å²) in [5.74, 6) is -0.746. The standard InChI is InChI=1S/C20H15IN2O2/c21-18-11-4-3-10-17(18)20(25)23-22-19(24)13-12-15-8-5-7-14-6-1-2-9-16(14)15/h1-13H,(H,22,24)(H,23,25)/b13-12+. The van der Waals surface area contributed by atoms with E-state index in [-0.39, 0.29) is 5.91 Å². The molecule has 0 aromatic heterocycles. The van der Waals surface area contributed by atoms with E-state index in [0.29, 0.717) is 5.56 Å². The largest absolute Gasteiger partial charge is 0.270 e. The molecule has 0 radical (unpaired) electrons. The SMILES string of the molecule is O=C(/C=C/c1cccc2ccccc12)NNC(=O)c1ccccc1I. The molecule has 124 valence electrons. The highest BCUT2D eigenvalue weighted by atomic mass is 127. The molecule has 0 aliphatic carbocycles. The van der Waals surface area contributed by atoms with Gasteiger partial charge in [0, 0.05) is 9.65 Å². The molecule has 0 bridgehead atoms. The third-order valence-electron chi connectivity index (χ3n) is 3.66. The summed E-state index contributed by atoms with van der Waals surface area (Å²) < 4.78 is 0.818. The number of hydrazine groups is 1. The summed E-state index contributed by atoms with van der Waals surface area (Å²) in [5, 5.41) is 2.17. The van der Waals surface area contributed by atoms with Crippen LogP contribution in [0.4, 0.5) is 0 Å². The molecule has 0 unspecified atom stereocenters. The van der Waals surface area contributed by atoms with E-state index in [4.69, 9.17) is 0 Å². The Hall–Kier alpha value is -2.67. The van der Waals surface area contributed by atoms with Crippen LogP contribution in [0.2, 0.25) is 0 Å². The van der Waals surface area contributed by atoms with Gasteiger partial charge in [-0.25, -0.2) is 0 Å². The first-order valence-corrected chi connectivity index (χ1v) is 8.74. The number of amides is 2. The molecule has 0 aliphatic rings. The lowest BCUT2D eigenvalue weighted by atomic mass is 10.0. The van der Waals surface area contributed by atoms with Gasteiger partial charge in [0.1, 0.15) is 0 Å². The molecule has 0 saturated heterocycles. The van der Waals surface area contributed by atoms with E-state index in [1.807, 2.05) is 54.6 Å². The van der Waals surface area contributed by atoms with Crippen molar-refractivity contribution in [3.8, 4) is 0 Å². The van der Waals surface area contributed by atoms with Crippen LogP contribution in [0.3, 0.4) is 0 Å². The molecule has 5 heteroatoms. The molecule has 4 nitrogen and oxygen atoms in total. The molecular formula is C20H15IN2O2. The third kappa shape index (κ3) is 4.24. The average Bonchev–Trinajstić information content (AvgIpc) is 2.64. The van der Waals surface area contributed by atoms with Gasteiger partial charge in [-0.1, -0.05) is 54.6 Å². The topological polar surface area (TPSA) is 58.2 Å². The van der Waals surface area contributed by atoms with Crippen molar-refractivity contribution in [3.63, 3.8) is 0 Å². The second-order valence-electron chi connectivity index (χ2n) is 5.32. The lowest BCUT2D eigenvalue weighted by molar-refractivity contribution is -0.117. The minimum atomic E-state index is -0.396. The minimum absolute atomic E-state index is 0.350. The van der Waals surface area contributed by atoms with Crippen LogP contribution in [0.5, 0.6) is 0 Å². The number of rotatable bonds is 3. The van der Waals surface area contributed by atoms with Crippen LogP contribution < -0.4 is 10.9 Å². The molecule has 2 N–H and O–H groups in total. The van der Waals surface area contributed by atoms with Crippen molar-refractivity contribution in [3.05, 3.63) is 87.5 Å². The molecule has 3 aromatic carbocycles. The van der Waals surface area contributed by atoms with Crippen LogP contribution in [-0.4, -0.2) is 11.8 Å². The summed E-state index contributed by atoms with van der Waals surface area (Å²) in [5.41, 5.74) is 6.27. The van der Waals surface area contributed by atoms with Gasteiger partial charge >= 0.3 is 0 Å². The summed E-state index contributed by atoms with van der Waals surface area (Å²) >= 11 is 2.08. The van der Waals surface area contributed by atoms with E-state index in [0.717, 1.165) is 19.9 Å². The van der Waals surface area contributed by atoms with Crippen molar-refractivity contribution >= 4 is 51.3 Å². The molecule has 3 aromatic rings. The zero-order valence-electron chi connectivity index (χ0n) is 13.2. The summed E-state index contributed by atoms with van der Waals surface area (Å²) in [6.45, 7) is 0. The molecule has 0 saturated carbocycles. The highest BCUT2D eigenvalue weighted by molar-refractivity contribution is 14.1. The molecule has 0 atom stereocenters. The number of carbonyl (C=O) groups excluding carboxylic acids is 2. The maximum absolute atomic E-state index is 12.1. The zero-order valence-corrected chi connectivity index (χ0v) is 15.4. The molecule has 3 rings (SSSR count). The Balaban J connectivity index is 1.65. The smallest absolute Gasteiger partial charge is 0.268 e. The predicted molar refractivity (Wildman–Crippen MR) is 108 cm³/mol. The maximum atomic E-state index is 12.1. The van der Waals surface area contributed by atoms with Gasteiger partial charge in [0.25, 0.3) is 11.8 Å². The molecule has 0 fully saturated rings. The van der Waals surface area contributed by atoms with Crippen molar-refractivity contribution < 1.29 is 9.59 Å². The first-order chi connectivity index (χ1) is 12.1. The molecule has 2 amide bonds. The first kappa shape index (κ1) is 17.2. The Morgan fingerprint density at radius 3 is 2.40 bits per heavy atom. The zero-order chi connectivity index (χ0) is 17.6. The highest BCUT2D eigenvalue weighted by Gasteiger charge is 2.09. The fourth-order valence-electron chi connectivity index (χ4n) is 2.43. The van der Waals surface area contributed by atoms with Crippen LogP contribution in [0.15, 0.2) is 72.8 Å². The van der Waals surface area contributed by atoms with Crippen molar-refractivity contribution in [2.45, 2.75) is 0 Å². The van der Waals surface area contributed by atoms with E-state index in [1.165, 1.54) is 6.08 Å². The number of fused-ring (bicyclic) bond motifs is 1. The van der Waals surface area contributed by atoms with E-state index in [9.17, 15) is 9.59 Å². The minimum Gasteiger partial charge on any atom is -0.268 e. The van der Waals surface area contributed by atoms with Gasteiger partial charge in [-0.3, -0.25) is 20.4 Å². The van der Waals surface area contributed by atoms with Crippen LogP contribution in [0.1, 0.15) is 15.9 Å². The number of halogens is 1. The van der Waals surface area contributed by atoms with Crippen molar-refractivity contribution in [1.82, 2.24) is 10.9 Å². The second-order valence-corrected chi connectivity index (χ2v) is 6.49. The van der Waals surface area contributed by atoms with E-state index in [2.05, 4.69) is 33.4 Å². The van der Waals surface area contributed by atoms with E-state index < -0.39 is 5.91 Å². The van der Waals surface area contributed by atoms with Crippen LogP contribution in [0.25, 0.3) is 16.8 Å². The van der Waals surface area contributed by atoms with Gasteiger partial charge in [0.2, 0.25) is 0 Å². The average molecular weight is 442 g/mol. The monoisotopic (exact) mass is 442 g/mol. The normalized spacial score (nSPS) is 10.8. The lowest BCUT2D eigenvalue weighted by Gasteiger charge is -2.07. The van der Waals surface area contributed by atoms with Gasteiger partial charge in [-0.15, -0.1) is 0 Å². The third-order valence-corrected chi connectivity index (χ3v) is 4.60. The number of hydrogen-bond acceptors (Lipinski definition) is 2. The summed E-state index contributed by atoms with van der Waals surface area (Å²) in [7, 11) is 0. The number of hydrogen-bond donors (Lipinski definition) is 2. The number of nitrogens with one attached hydrogen (secondary N) is 2. The van der Waals surface area contributed by atoms with Crippen molar-refractivity contribution in [2.75, 3.05) is 0 Å². The fraction of sp³-hybridized carbons (Fsp3) is 0. The van der Waals surface area contributed by atoms with Crippen LogP contribution in [-0.2, 0) is 4.79 Å². The fourth-order valence-corrected chi connectivity index (χ4v) is 3.07. The molecule has 0 heterocycles. The summed E-state index contributed by atoms with van der Waals surface area (Å²) in [6, 6.07) is 21.0. The Morgan fingerprint density at radius 1 is 0.840 bits per heavy atom. The first-order valence-electron chi connectivity index (χ1n) is 7.66. The summed E-state index contributed by atoms with van der Waals surface area (Å²) in [4.78, 5) is 24.0. The number of benzene rings is 3. The Morgan fingerprint density at radius 2 is 1.56 bits per heavy atom. The van der Waals surface area contributed by atoms with Gasteiger partial charge in [-0.2, -0.15) is 0 Å². The van der Waals surface area contributed by atoms with Gasteiger partial charge in [-0.05, 0) is 57.1 Å².